The second-order valence-corrected chi connectivity index (χ2v) is 16.2. The molecular formula is C57H43N3. The number of hydrogen-bond donors (Lipinski definition) is 0. The third-order valence-corrected chi connectivity index (χ3v) is 12.3. The van der Waals surface area contributed by atoms with E-state index in [1.54, 1.807) is 0 Å². The largest absolute Gasteiger partial charge is 0.310 e. The van der Waals surface area contributed by atoms with Crippen LogP contribution in [0.2, 0.25) is 0 Å². The van der Waals surface area contributed by atoms with Crippen LogP contribution in [0.3, 0.4) is 0 Å². The second-order valence-electron chi connectivity index (χ2n) is 16.2. The van der Waals surface area contributed by atoms with E-state index in [0.717, 1.165) is 45.1 Å². The van der Waals surface area contributed by atoms with E-state index in [2.05, 4.69) is 253 Å². The number of fused-ring (bicyclic) bond motifs is 5. The molecule has 286 valence electrons. The Morgan fingerprint density at radius 2 is 0.983 bits per heavy atom. The van der Waals surface area contributed by atoms with Gasteiger partial charge in [-0.15, -0.1) is 0 Å². The molecule has 0 saturated carbocycles. The van der Waals surface area contributed by atoms with Crippen molar-refractivity contribution >= 4 is 55.9 Å². The van der Waals surface area contributed by atoms with Crippen LogP contribution in [0.25, 0.3) is 49.7 Å². The zero-order valence-corrected chi connectivity index (χ0v) is 33.7. The lowest BCUT2D eigenvalue weighted by Crippen LogP contribution is -2.30. The number of para-hydroxylation sites is 6. The second kappa shape index (κ2) is 14.3. The predicted molar refractivity (Wildman–Crippen MR) is 253 cm³/mol. The van der Waals surface area contributed by atoms with Crippen LogP contribution in [0.5, 0.6) is 0 Å². The first kappa shape index (κ1) is 35.5. The molecule has 0 bridgehead atoms. The van der Waals surface area contributed by atoms with Crippen molar-refractivity contribution in [2.75, 3.05) is 9.80 Å². The highest BCUT2D eigenvalue weighted by Crippen LogP contribution is 2.53. The van der Waals surface area contributed by atoms with Crippen LogP contribution in [0.1, 0.15) is 25.0 Å². The van der Waals surface area contributed by atoms with E-state index < -0.39 is 0 Å². The van der Waals surface area contributed by atoms with Crippen molar-refractivity contribution in [3.05, 3.63) is 236 Å². The molecule has 0 unspecified atom stereocenters. The Kier molecular flexibility index (Phi) is 8.49. The van der Waals surface area contributed by atoms with E-state index in [0.29, 0.717) is 0 Å². The number of anilines is 6. The third-order valence-electron chi connectivity index (χ3n) is 12.3. The zero-order chi connectivity index (χ0) is 40.2. The van der Waals surface area contributed by atoms with Gasteiger partial charge < -0.3 is 14.4 Å². The van der Waals surface area contributed by atoms with E-state index in [1.807, 2.05) is 0 Å². The van der Waals surface area contributed by atoms with Crippen LogP contribution in [-0.4, -0.2) is 4.57 Å². The molecular weight excluding hydrogens is 727 g/mol. The maximum absolute atomic E-state index is 2.44. The third kappa shape index (κ3) is 5.81. The lowest BCUT2D eigenvalue weighted by Gasteiger charge is -2.42. The number of rotatable bonds is 7. The molecule has 0 radical (unpaired) electrons. The standard InChI is InChI=1S/C57H43N3/c1-57(2)50-29-14-17-32-55(50)60(45-24-10-5-11-25-45)56-39-42(33-35-51(56)57)47-27-12-15-30-52(47)58(43-20-6-3-7-21-43)46-26-18-19-40(37-46)41-34-36-54-49(38-41)48-28-13-16-31-53(48)59(54)44-22-8-4-9-23-44/h3-39H,1-2H3. The Hall–Kier alpha value is -7.62. The molecule has 0 aliphatic carbocycles. The van der Waals surface area contributed by atoms with Crippen LogP contribution in [0, 0.1) is 0 Å². The summed E-state index contributed by atoms with van der Waals surface area (Å²) in [6.45, 7) is 4.70. The van der Waals surface area contributed by atoms with Crippen molar-refractivity contribution in [1.82, 2.24) is 4.57 Å². The fraction of sp³-hybridized carbons (Fsp3) is 0.0526. The molecule has 2 heterocycles. The van der Waals surface area contributed by atoms with E-state index in [-0.39, 0.29) is 5.41 Å². The Bertz CT molecular complexity index is 3180. The van der Waals surface area contributed by atoms with Gasteiger partial charge in [0.25, 0.3) is 0 Å². The van der Waals surface area contributed by atoms with Crippen molar-refractivity contribution in [3.63, 3.8) is 0 Å². The van der Waals surface area contributed by atoms with Gasteiger partial charge in [-0.25, -0.2) is 0 Å². The zero-order valence-electron chi connectivity index (χ0n) is 33.7. The minimum atomic E-state index is -0.175. The van der Waals surface area contributed by atoms with Gasteiger partial charge in [-0.2, -0.15) is 0 Å². The molecule has 3 nitrogen and oxygen atoms in total. The Balaban J connectivity index is 1.05. The molecule has 1 aromatic heterocycles. The average Bonchev–Trinajstić information content (AvgIpc) is 3.64. The van der Waals surface area contributed by atoms with Crippen LogP contribution in [-0.2, 0) is 5.41 Å². The number of hydrogen-bond acceptors (Lipinski definition) is 2. The fourth-order valence-electron chi connectivity index (χ4n) is 9.49. The first-order chi connectivity index (χ1) is 29.5. The summed E-state index contributed by atoms with van der Waals surface area (Å²) in [7, 11) is 0. The van der Waals surface area contributed by atoms with Gasteiger partial charge in [0.1, 0.15) is 0 Å². The molecule has 10 aromatic rings. The number of benzene rings is 9. The first-order valence-electron chi connectivity index (χ1n) is 20.8. The van der Waals surface area contributed by atoms with Crippen LogP contribution < -0.4 is 9.80 Å². The highest BCUT2D eigenvalue weighted by molar-refractivity contribution is 6.10. The molecule has 1 aliphatic rings. The smallest absolute Gasteiger partial charge is 0.0541 e. The highest BCUT2D eigenvalue weighted by atomic mass is 15.2. The normalized spacial score (nSPS) is 12.9. The van der Waals surface area contributed by atoms with Crippen molar-refractivity contribution in [2.45, 2.75) is 19.3 Å². The van der Waals surface area contributed by atoms with Gasteiger partial charge in [-0.3, -0.25) is 0 Å². The highest BCUT2D eigenvalue weighted by Gasteiger charge is 2.37. The van der Waals surface area contributed by atoms with Crippen molar-refractivity contribution < 1.29 is 0 Å². The fourth-order valence-corrected chi connectivity index (χ4v) is 9.49. The number of nitrogens with zero attached hydrogens (tertiary/aromatic N) is 3. The van der Waals surface area contributed by atoms with E-state index in [4.69, 9.17) is 0 Å². The summed E-state index contributed by atoms with van der Waals surface area (Å²) >= 11 is 0. The predicted octanol–water partition coefficient (Wildman–Crippen LogP) is 15.7. The summed E-state index contributed by atoms with van der Waals surface area (Å²) in [6, 6.07) is 81.6. The van der Waals surface area contributed by atoms with Crippen LogP contribution in [0.15, 0.2) is 224 Å². The monoisotopic (exact) mass is 769 g/mol. The van der Waals surface area contributed by atoms with Gasteiger partial charge in [0.15, 0.2) is 0 Å². The average molecular weight is 770 g/mol. The molecule has 0 fully saturated rings. The molecule has 0 saturated heterocycles. The van der Waals surface area contributed by atoms with Gasteiger partial charge in [-0.1, -0.05) is 153 Å². The van der Waals surface area contributed by atoms with Gasteiger partial charge in [0.2, 0.25) is 0 Å². The summed E-state index contributed by atoms with van der Waals surface area (Å²) in [6.07, 6.45) is 0. The molecule has 1 aliphatic heterocycles. The van der Waals surface area contributed by atoms with Crippen LogP contribution >= 0.6 is 0 Å². The van der Waals surface area contributed by atoms with Gasteiger partial charge in [0.05, 0.1) is 28.1 Å². The SMILES string of the molecule is CC1(C)c2ccccc2N(c2ccccc2)c2cc(-c3ccccc3N(c3ccccc3)c3cccc(-c4ccc5c(c4)c4ccccc4n5-c4ccccc4)c3)ccc21. The van der Waals surface area contributed by atoms with E-state index in [9.17, 15) is 0 Å². The summed E-state index contributed by atoms with van der Waals surface area (Å²) in [5, 5.41) is 2.49. The summed E-state index contributed by atoms with van der Waals surface area (Å²) < 4.78 is 2.37. The first-order valence-corrected chi connectivity index (χ1v) is 20.8. The summed E-state index contributed by atoms with van der Waals surface area (Å²) in [5.41, 5.74) is 17.6. The minimum absolute atomic E-state index is 0.175. The maximum atomic E-state index is 2.44. The van der Waals surface area contributed by atoms with E-state index in [1.165, 1.54) is 49.9 Å². The lowest BCUT2D eigenvalue weighted by atomic mass is 9.73. The van der Waals surface area contributed by atoms with E-state index >= 15 is 0 Å². The summed E-state index contributed by atoms with van der Waals surface area (Å²) in [5.74, 6) is 0. The molecule has 11 rings (SSSR count). The number of aromatic nitrogens is 1. The Labute approximate surface area is 351 Å². The van der Waals surface area contributed by atoms with Crippen molar-refractivity contribution in [2.24, 2.45) is 0 Å². The molecule has 0 spiro atoms. The minimum Gasteiger partial charge on any atom is -0.310 e. The molecule has 3 heteroatoms. The van der Waals surface area contributed by atoms with Gasteiger partial charge in [-0.05, 0) is 113 Å². The van der Waals surface area contributed by atoms with Crippen molar-refractivity contribution in [1.29, 1.82) is 0 Å². The molecule has 0 atom stereocenters. The topological polar surface area (TPSA) is 11.4 Å². The lowest BCUT2D eigenvalue weighted by molar-refractivity contribution is 0.632. The van der Waals surface area contributed by atoms with Gasteiger partial charge in [0, 0.05) is 44.5 Å². The van der Waals surface area contributed by atoms with Crippen molar-refractivity contribution in [3.8, 4) is 27.9 Å². The maximum Gasteiger partial charge on any atom is 0.0541 e. The quantitative estimate of drug-likeness (QED) is 0.160. The summed E-state index contributed by atoms with van der Waals surface area (Å²) in [4.78, 5) is 4.85. The molecule has 60 heavy (non-hydrogen) atoms. The Morgan fingerprint density at radius 3 is 1.80 bits per heavy atom. The van der Waals surface area contributed by atoms with Gasteiger partial charge >= 0.3 is 0 Å². The molecule has 9 aromatic carbocycles. The molecule has 0 amide bonds. The molecule has 0 N–H and O–H groups in total. The Morgan fingerprint density at radius 1 is 0.383 bits per heavy atom. The van der Waals surface area contributed by atoms with Crippen LogP contribution in [0.4, 0.5) is 34.1 Å².